The standard InChI is InChI=1S/C35H58Cl2N6/c1-7-13-19-28-25-31(22-16-10-4)41(38-28)35(34(36)37,42-32(23-17-11-5)26-29(39-42)20-14-8-2)43-33(24-18-12-6)27-30(40-43)21-15-9-3/h25-27,34H,7-24H2,1-6H3. The molecular weight excluding hydrogens is 575 g/mol. The van der Waals surface area contributed by atoms with Gasteiger partial charge in [0.15, 0.2) is 4.84 Å². The molecule has 3 aromatic rings. The van der Waals surface area contributed by atoms with E-state index in [-0.39, 0.29) is 0 Å². The molecule has 0 aliphatic heterocycles. The van der Waals surface area contributed by atoms with Gasteiger partial charge in [-0.15, -0.1) is 0 Å². The van der Waals surface area contributed by atoms with Crippen molar-refractivity contribution in [3.05, 3.63) is 52.4 Å². The molecule has 0 saturated carbocycles. The lowest BCUT2D eigenvalue weighted by Crippen LogP contribution is -2.56. The fraction of sp³-hybridized carbons (Fsp3) is 0.743. The summed E-state index contributed by atoms with van der Waals surface area (Å²) in [6.07, 6.45) is 18.7. The number of hydrogen-bond donors (Lipinski definition) is 0. The summed E-state index contributed by atoms with van der Waals surface area (Å²) >= 11 is 14.7. The summed E-state index contributed by atoms with van der Waals surface area (Å²) in [5.74, 6) is -1.16. The van der Waals surface area contributed by atoms with Crippen LogP contribution in [-0.4, -0.2) is 34.2 Å². The van der Waals surface area contributed by atoms with E-state index in [4.69, 9.17) is 38.5 Å². The molecule has 0 aliphatic rings. The van der Waals surface area contributed by atoms with E-state index in [0.717, 1.165) is 150 Å². The number of aryl methyl sites for hydroxylation is 6. The topological polar surface area (TPSA) is 53.5 Å². The van der Waals surface area contributed by atoms with Gasteiger partial charge in [0.1, 0.15) is 0 Å². The van der Waals surface area contributed by atoms with Crippen LogP contribution in [0.25, 0.3) is 0 Å². The maximum atomic E-state index is 7.35. The highest BCUT2D eigenvalue weighted by Crippen LogP contribution is 2.37. The molecule has 0 amide bonds. The van der Waals surface area contributed by atoms with Gasteiger partial charge in [0.2, 0.25) is 0 Å². The van der Waals surface area contributed by atoms with Gasteiger partial charge in [-0.3, -0.25) is 0 Å². The summed E-state index contributed by atoms with van der Waals surface area (Å²) in [4.78, 5) is -0.884. The summed E-state index contributed by atoms with van der Waals surface area (Å²) in [6, 6.07) is 6.87. The smallest absolute Gasteiger partial charge is 0.219 e. The first-order valence-electron chi connectivity index (χ1n) is 17.4. The molecule has 3 rings (SSSR count). The Kier molecular flexibility index (Phi) is 15.1. The Morgan fingerprint density at radius 2 is 0.744 bits per heavy atom. The minimum absolute atomic E-state index is 0.884. The first kappa shape index (κ1) is 35.7. The monoisotopic (exact) mass is 632 g/mol. The molecule has 0 unspecified atom stereocenters. The molecule has 0 aromatic carbocycles. The van der Waals surface area contributed by atoms with Crippen LogP contribution in [0, 0.1) is 0 Å². The molecule has 3 heterocycles. The van der Waals surface area contributed by atoms with Gasteiger partial charge < -0.3 is 0 Å². The molecular formula is C35H58Cl2N6. The summed E-state index contributed by atoms with van der Waals surface area (Å²) in [7, 11) is 0. The molecule has 6 nitrogen and oxygen atoms in total. The highest BCUT2D eigenvalue weighted by Gasteiger charge is 2.49. The third-order valence-corrected chi connectivity index (χ3v) is 9.03. The number of nitrogens with zero attached hydrogens (tertiary/aromatic N) is 6. The largest absolute Gasteiger partial charge is 0.280 e. The molecule has 0 spiro atoms. The fourth-order valence-corrected chi connectivity index (χ4v) is 6.43. The van der Waals surface area contributed by atoms with Crippen LogP contribution in [0.5, 0.6) is 0 Å². The Morgan fingerprint density at radius 3 is 0.977 bits per heavy atom. The fourth-order valence-electron chi connectivity index (χ4n) is 5.87. The molecule has 0 aliphatic carbocycles. The highest BCUT2D eigenvalue weighted by molar-refractivity contribution is 6.45. The average Bonchev–Trinajstić information content (AvgIpc) is 3.73. The number of aromatic nitrogens is 6. The van der Waals surface area contributed by atoms with Crippen molar-refractivity contribution in [1.29, 1.82) is 0 Å². The Hall–Kier alpha value is -1.79. The number of unbranched alkanes of at least 4 members (excludes halogenated alkanes) is 6. The lowest BCUT2D eigenvalue weighted by Gasteiger charge is -2.39. The van der Waals surface area contributed by atoms with Gasteiger partial charge in [0.25, 0.3) is 5.79 Å². The van der Waals surface area contributed by atoms with Gasteiger partial charge in [-0.05, 0) is 95.2 Å². The van der Waals surface area contributed by atoms with Crippen LogP contribution in [-0.2, 0) is 44.3 Å². The predicted molar refractivity (Wildman–Crippen MR) is 183 cm³/mol. The SMILES string of the molecule is CCCCc1cc(CCCC)n(C(C(Cl)Cl)(n2nc(CCCC)cc2CCCC)n2nc(CCCC)cc2CCCC)n1. The summed E-state index contributed by atoms with van der Waals surface area (Å²) in [5.41, 5.74) is 6.73. The van der Waals surface area contributed by atoms with Crippen LogP contribution in [0.4, 0.5) is 0 Å². The van der Waals surface area contributed by atoms with Gasteiger partial charge in [0, 0.05) is 17.1 Å². The van der Waals surface area contributed by atoms with Crippen LogP contribution in [0.2, 0.25) is 0 Å². The second-order valence-electron chi connectivity index (χ2n) is 12.2. The maximum Gasteiger partial charge on any atom is 0.280 e. The van der Waals surface area contributed by atoms with Crippen LogP contribution < -0.4 is 0 Å². The van der Waals surface area contributed by atoms with E-state index in [2.05, 4.69) is 73.8 Å². The van der Waals surface area contributed by atoms with Crippen LogP contribution in [0.1, 0.15) is 153 Å². The number of alkyl halides is 2. The lowest BCUT2D eigenvalue weighted by molar-refractivity contribution is 0.117. The average molecular weight is 634 g/mol. The first-order valence-corrected chi connectivity index (χ1v) is 18.3. The second-order valence-corrected chi connectivity index (χ2v) is 13.3. The van der Waals surface area contributed by atoms with Gasteiger partial charge in [0.05, 0.1) is 17.1 Å². The molecule has 0 fully saturated rings. The second kappa shape index (κ2) is 18.2. The van der Waals surface area contributed by atoms with Gasteiger partial charge in [-0.1, -0.05) is 103 Å². The van der Waals surface area contributed by atoms with Gasteiger partial charge in [-0.25, -0.2) is 14.0 Å². The van der Waals surface area contributed by atoms with Crippen molar-refractivity contribution in [2.45, 2.75) is 168 Å². The van der Waals surface area contributed by atoms with Crippen LogP contribution in [0.3, 0.4) is 0 Å². The number of hydrogen-bond acceptors (Lipinski definition) is 3. The molecule has 3 aromatic heterocycles. The molecule has 43 heavy (non-hydrogen) atoms. The molecule has 0 saturated heterocycles. The zero-order chi connectivity index (χ0) is 31.2. The first-order chi connectivity index (χ1) is 20.9. The Balaban J connectivity index is 2.44. The minimum Gasteiger partial charge on any atom is -0.219 e. The van der Waals surface area contributed by atoms with Crippen molar-refractivity contribution in [3.8, 4) is 0 Å². The van der Waals surface area contributed by atoms with E-state index in [1.165, 1.54) is 0 Å². The van der Waals surface area contributed by atoms with Crippen LogP contribution in [0.15, 0.2) is 18.2 Å². The predicted octanol–water partition coefficient (Wildman–Crippen LogP) is 9.84. The minimum atomic E-state index is -1.16. The van der Waals surface area contributed by atoms with Crippen molar-refractivity contribution < 1.29 is 0 Å². The molecule has 242 valence electrons. The van der Waals surface area contributed by atoms with Crippen molar-refractivity contribution in [1.82, 2.24) is 29.3 Å². The Bertz CT molecular complexity index is 1070. The number of rotatable bonds is 22. The van der Waals surface area contributed by atoms with E-state index in [1.807, 2.05) is 0 Å². The lowest BCUT2D eigenvalue weighted by atomic mass is 10.1. The van der Waals surface area contributed by atoms with Gasteiger partial charge >= 0.3 is 0 Å². The normalized spacial score (nSPS) is 12.2. The van der Waals surface area contributed by atoms with E-state index < -0.39 is 10.6 Å². The molecule has 0 bridgehead atoms. The van der Waals surface area contributed by atoms with Crippen LogP contribution >= 0.6 is 23.2 Å². The summed E-state index contributed by atoms with van der Waals surface area (Å²) < 4.78 is 6.41. The quantitative estimate of drug-likeness (QED) is 0.104. The molecule has 0 N–H and O–H groups in total. The maximum absolute atomic E-state index is 7.35. The third-order valence-electron chi connectivity index (χ3n) is 8.45. The van der Waals surface area contributed by atoms with E-state index >= 15 is 0 Å². The zero-order valence-corrected chi connectivity index (χ0v) is 29.5. The summed E-state index contributed by atoms with van der Waals surface area (Å²) in [5, 5.41) is 16.1. The summed E-state index contributed by atoms with van der Waals surface area (Å²) in [6.45, 7) is 13.4. The Morgan fingerprint density at radius 1 is 0.488 bits per heavy atom. The van der Waals surface area contributed by atoms with Crippen molar-refractivity contribution in [2.75, 3.05) is 0 Å². The van der Waals surface area contributed by atoms with E-state index in [1.54, 1.807) is 0 Å². The number of halogens is 2. The zero-order valence-electron chi connectivity index (χ0n) is 28.0. The Labute approximate surface area is 271 Å². The van der Waals surface area contributed by atoms with E-state index in [9.17, 15) is 0 Å². The van der Waals surface area contributed by atoms with E-state index in [0.29, 0.717) is 0 Å². The van der Waals surface area contributed by atoms with Crippen molar-refractivity contribution >= 4 is 23.2 Å². The molecule has 8 heteroatoms. The third kappa shape index (κ3) is 8.69. The van der Waals surface area contributed by atoms with Gasteiger partial charge in [-0.2, -0.15) is 15.3 Å². The molecule has 0 atom stereocenters. The van der Waals surface area contributed by atoms with Crippen molar-refractivity contribution in [3.63, 3.8) is 0 Å². The highest BCUT2D eigenvalue weighted by atomic mass is 35.5. The molecule has 0 radical (unpaired) electrons. The van der Waals surface area contributed by atoms with Crippen molar-refractivity contribution in [2.24, 2.45) is 0 Å².